The molecule has 94 valence electrons. The second-order valence-corrected chi connectivity index (χ2v) is 4.27. The predicted octanol–water partition coefficient (Wildman–Crippen LogP) is 4.11. The van der Waals surface area contributed by atoms with E-state index in [0.29, 0.717) is 6.42 Å². The maximum Gasteiger partial charge on any atom is 0.331 e. The summed E-state index contributed by atoms with van der Waals surface area (Å²) in [7, 11) is 0. The molecule has 0 rings (SSSR count). The topological polar surface area (TPSA) is 37.3 Å². The van der Waals surface area contributed by atoms with Crippen molar-refractivity contribution in [3.05, 3.63) is 12.2 Å². The Labute approximate surface area is 97.6 Å². The quantitative estimate of drug-likeness (QED) is 0.453. The highest BCUT2D eigenvalue weighted by Crippen LogP contribution is 2.15. The summed E-state index contributed by atoms with van der Waals surface area (Å²) in [4.78, 5) is 10.4. The molecule has 0 amide bonds. The van der Waals surface area contributed by atoms with Crippen molar-refractivity contribution in [2.45, 2.75) is 64.5 Å². The number of carboxylic acid groups (broad SMARTS) is 1. The SMILES string of the molecule is C=C(CC(F)CCCCCCCC)C(=O)O. The molecule has 0 heterocycles. The van der Waals surface area contributed by atoms with Gasteiger partial charge in [0.15, 0.2) is 0 Å². The fraction of sp³-hybridized carbons (Fsp3) is 0.769. The van der Waals surface area contributed by atoms with Crippen LogP contribution in [0.4, 0.5) is 4.39 Å². The summed E-state index contributed by atoms with van der Waals surface area (Å²) in [5, 5.41) is 8.53. The van der Waals surface area contributed by atoms with Crippen molar-refractivity contribution in [1.82, 2.24) is 0 Å². The zero-order chi connectivity index (χ0) is 12.4. The van der Waals surface area contributed by atoms with Gasteiger partial charge in [-0.05, 0) is 6.42 Å². The van der Waals surface area contributed by atoms with Gasteiger partial charge in [0.2, 0.25) is 0 Å². The molecule has 1 unspecified atom stereocenters. The Morgan fingerprint density at radius 3 is 2.38 bits per heavy atom. The molecule has 0 saturated carbocycles. The minimum Gasteiger partial charge on any atom is -0.478 e. The second-order valence-electron chi connectivity index (χ2n) is 4.27. The largest absolute Gasteiger partial charge is 0.478 e. The number of rotatable bonds is 10. The molecule has 0 aliphatic carbocycles. The van der Waals surface area contributed by atoms with E-state index in [1.165, 1.54) is 19.3 Å². The standard InChI is InChI=1S/C13H23FO2/c1-3-4-5-6-7-8-9-12(14)10-11(2)13(15)16/h12H,2-10H2,1H3,(H,15,16). The van der Waals surface area contributed by atoms with Crippen LogP contribution < -0.4 is 0 Å². The van der Waals surface area contributed by atoms with E-state index >= 15 is 0 Å². The lowest BCUT2D eigenvalue weighted by molar-refractivity contribution is -0.132. The minimum atomic E-state index is -1.09. The Kier molecular flexibility index (Phi) is 8.87. The van der Waals surface area contributed by atoms with E-state index in [9.17, 15) is 9.18 Å². The van der Waals surface area contributed by atoms with Gasteiger partial charge in [0.25, 0.3) is 0 Å². The first-order valence-corrected chi connectivity index (χ1v) is 6.13. The third kappa shape index (κ3) is 8.45. The van der Waals surface area contributed by atoms with Gasteiger partial charge in [0, 0.05) is 12.0 Å². The van der Waals surface area contributed by atoms with E-state index in [-0.39, 0.29) is 12.0 Å². The highest BCUT2D eigenvalue weighted by atomic mass is 19.1. The van der Waals surface area contributed by atoms with Crippen LogP contribution >= 0.6 is 0 Å². The third-order valence-corrected chi connectivity index (χ3v) is 2.64. The van der Waals surface area contributed by atoms with Crippen molar-refractivity contribution < 1.29 is 14.3 Å². The first-order valence-electron chi connectivity index (χ1n) is 6.13. The zero-order valence-electron chi connectivity index (χ0n) is 10.2. The van der Waals surface area contributed by atoms with E-state index < -0.39 is 12.1 Å². The lowest BCUT2D eigenvalue weighted by atomic mass is 10.0. The molecule has 0 fully saturated rings. The predicted molar refractivity (Wildman–Crippen MR) is 64.3 cm³/mol. The average molecular weight is 230 g/mol. The molecule has 1 N–H and O–H groups in total. The monoisotopic (exact) mass is 230 g/mol. The molecule has 2 nitrogen and oxygen atoms in total. The smallest absolute Gasteiger partial charge is 0.331 e. The summed E-state index contributed by atoms with van der Waals surface area (Å²) < 4.78 is 13.3. The fourth-order valence-corrected chi connectivity index (χ4v) is 1.60. The van der Waals surface area contributed by atoms with Crippen molar-refractivity contribution in [3.8, 4) is 0 Å². The molecule has 3 heteroatoms. The van der Waals surface area contributed by atoms with Gasteiger partial charge in [0.1, 0.15) is 6.17 Å². The van der Waals surface area contributed by atoms with Crippen LogP contribution in [-0.4, -0.2) is 17.2 Å². The van der Waals surface area contributed by atoms with Gasteiger partial charge in [-0.1, -0.05) is 52.0 Å². The van der Waals surface area contributed by atoms with Gasteiger partial charge in [-0.2, -0.15) is 0 Å². The van der Waals surface area contributed by atoms with Crippen molar-refractivity contribution in [3.63, 3.8) is 0 Å². The molecule has 0 aromatic carbocycles. The van der Waals surface area contributed by atoms with Crippen molar-refractivity contribution in [2.75, 3.05) is 0 Å². The molecule has 0 aromatic rings. The molecule has 0 aromatic heterocycles. The van der Waals surface area contributed by atoms with Gasteiger partial charge >= 0.3 is 5.97 Å². The maximum absolute atomic E-state index is 13.3. The highest BCUT2D eigenvalue weighted by molar-refractivity contribution is 5.85. The van der Waals surface area contributed by atoms with Crippen LogP contribution in [0.15, 0.2) is 12.2 Å². The summed E-state index contributed by atoms with van der Waals surface area (Å²) in [6.07, 6.45) is 6.09. The molecule has 16 heavy (non-hydrogen) atoms. The molecule has 1 atom stereocenters. The number of hydrogen-bond acceptors (Lipinski definition) is 1. The second kappa shape index (κ2) is 9.37. The molecule has 0 spiro atoms. The van der Waals surface area contributed by atoms with Gasteiger partial charge in [-0.3, -0.25) is 0 Å². The third-order valence-electron chi connectivity index (χ3n) is 2.64. The Balaban J connectivity index is 3.40. The van der Waals surface area contributed by atoms with Crippen LogP contribution in [0.25, 0.3) is 0 Å². The van der Waals surface area contributed by atoms with Gasteiger partial charge in [-0.15, -0.1) is 0 Å². The molecule has 0 aliphatic heterocycles. The van der Waals surface area contributed by atoms with E-state index in [2.05, 4.69) is 13.5 Å². The number of aliphatic carboxylic acids is 1. The Morgan fingerprint density at radius 2 is 1.81 bits per heavy atom. The number of alkyl halides is 1. The summed E-state index contributed by atoms with van der Waals surface area (Å²) in [6, 6.07) is 0. The van der Waals surface area contributed by atoms with E-state index in [0.717, 1.165) is 19.3 Å². The Morgan fingerprint density at radius 1 is 1.25 bits per heavy atom. The molecule has 0 saturated heterocycles. The number of carbonyl (C=O) groups is 1. The first kappa shape index (κ1) is 15.1. The van der Waals surface area contributed by atoms with Crippen LogP contribution in [0.2, 0.25) is 0 Å². The van der Waals surface area contributed by atoms with E-state index in [1.807, 2.05) is 0 Å². The highest BCUT2D eigenvalue weighted by Gasteiger charge is 2.12. The van der Waals surface area contributed by atoms with Crippen LogP contribution in [0, 0.1) is 0 Å². The summed E-state index contributed by atoms with van der Waals surface area (Å²) >= 11 is 0. The van der Waals surface area contributed by atoms with Crippen molar-refractivity contribution in [1.29, 1.82) is 0 Å². The molecule has 0 bridgehead atoms. The van der Waals surface area contributed by atoms with Crippen LogP contribution in [0.1, 0.15) is 58.3 Å². The lowest BCUT2D eigenvalue weighted by Gasteiger charge is -2.07. The number of carboxylic acids is 1. The van der Waals surface area contributed by atoms with Crippen LogP contribution in [0.3, 0.4) is 0 Å². The van der Waals surface area contributed by atoms with Crippen LogP contribution in [-0.2, 0) is 4.79 Å². The fourth-order valence-electron chi connectivity index (χ4n) is 1.60. The molecule has 0 aliphatic rings. The first-order chi connectivity index (χ1) is 7.57. The summed E-state index contributed by atoms with van der Waals surface area (Å²) in [5.74, 6) is -1.09. The summed E-state index contributed by atoms with van der Waals surface area (Å²) in [6.45, 7) is 5.49. The van der Waals surface area contributed by atoms with Crippen LogP contribution in [0.5, 0.6) is 0 Å². The van der Waals surface area contributed by atoms with E-state index in [4.69, 9.17) is 5.11 Å². The van der Waals surface area contributed by atoms with Crippen molar-refractivity contribution in [2.24, 2.45) is 0 Å². The van der Waals surface area contributed by atoms with Gasteiger partial charge in [-0.25, -0.2) is 9.18 Å². The number of unbranched alkanes of at least 4 members (excludes halogenated alkanes) is 5. The zero-order valence-corrected chi connectivity index (χ0v) is 10.2. The minimum absolute atomic E-state index is 0.0292. The van der Waals surface area contributed by atoms with Gasteiger partial charge in [0.05, 0.1) is 0 Å². The molecule has 0 radical (unpaired) electrons. The number of hydrogen-bond donors (Lipinski definition) is 1. The maximum atomic E-state index is 13.3. The normalized spacial score (nSPS) is 12.4. The Hall–Kier alpha value is -0.860. The average Bonchev–Trinajstić information content (AvgIpc) is 2.23. The van der Waals surface area contributed by atoms with Crippen molar-refractivity contribution >= 4 is 5.97 Å². The Bertz CT molecular complexity index is 214. The lowest BCUT2D eigenvalue weighted by Crippen LogP contribution is -2.07. The molecular weight excluding hydrogens is 207 g/mol. The number of halogens is 1. The molecular formula is C13H23FO2. The van der Waals surface area contributed by atoms with Gasteiger partial charge < -0.3 is 5.11 Å². The van der Waals surface area contributed by atoms with E-state index in [1.54, 1.807) is 0 Å². The summed E-state index contributed by atoms with van der Waals surface area (Å²) in [5.41, 5.74) is -0.0292.